The summed E-state index contributed by atoms with van der Waals surface area (Å²) in [6.45, 7) is 2.26. The van der Waals surface area contributed by atoms with Gasteiger partial charge in [0, 0.05) is 17.6 Å². The Labute approximate surface area is 130 Å². The fourth-order valence-corrected chi connectivity index (χ4v) is 4.89. The first-order chi connectivity index (χ1) is 10.3. The molecule has 21 heavy (non-hydrogen) atoms. The van der Waals surface area contributed by atoms with E-state index in [0.717, 1.165) is 11.8 Å². The van der Waals surface area contributed by atoms with Crippen molar-refractivity contribution in [3.05, 3.63) is 52.0 Å². The lowest BCUT2D eigenvalue weighted by atomic mass is 9.94. The number of thiazole rings is 1. The summed E-state index contributed by atoms with van der Waals surface area (Å²) in [6, 6.07) is 10.1. The molecule has 1 aromatic carbocycles. The van der Waals surface area contributed by atoms with E-state index in [2.05, 4.69) is 46.9 Å². The van der Waals surface area contributed by atoms with E-state index in [1.807, 2.05) is 6.20 Å². The van der Waals surface area contributed by atoms with E-state index in [4.69, 9.17) is 0 Å². The summed E-state index contributed by atoms with van der Waals surface area (Å²) in [6.07, 6.45) is 7.15. The molecule has 0 saturated heterocycles. The van der Waals surface area contributed by atoms with Gasteiger partial charge < -0.3 is 5.32 Å². The van der Waals surface area contributed by atoms with Crippen molar-refractivity contribution < 1.29 is 0 Å². The fraction of sp³-hybridized carbons (Fsp3) is 0.500. The summed E-state index contributed by atoms with van der Waals surface area (Å²) in [5.74, 6) is 1.59. The van der Waals surface area contributed by atoms with Gasteiger partial charge >= 0.3 is 0 Å². The second kappa shape index (κ2) is 5.54. The maximum atomic E-state index is 4.47. The van der Waals surface area contributed by atoms with Gasteiger partial charge in [0.1, 0.15) is 5.01 Å². The molecule has 1 fully saturated rings. The first-order valence-corrected chi connectivity index (χ1v) is 8.91. The summed E-state index contributed by atoms with van der Waals surface area (Å²) in [5.41, 5.74) is 3.16. The van der Waals surface area contributed by atoms with E-state index in [9.17, 15) is 0 Å². The highest BCUT2D eigenvalue weighted by molar-refractivity contribution is 7.09. The first kappa shape index (κ1) is 13.5. The number of hydrogen-bond acceptors (Lipinski definition) is 3. The smallest absolute Gasteiger partial charge is 0.109 e. The monoisotopic (exact) mass is 298 g/mol. The molecule has 2 aromatic rings. The lowest BCUT2D eigenvalue weighted by Gasteiger charge is -2.27. The number of nitrogens with one attached hydrogen (secondary N) is 1. The summed E-state index contributed by atoms with van der Waals surface area (Å²) in [5, 5.41) is 7.20. The zero-order chi connectivity index (χ0) is 14.2. The SMILES string of the molecule is CC(NC1C2CCC1Cc1ccccc1C2)c1nccs1. The predicted octanol–water partition coefficient (Wildman–Crippen LogP) is 3.99. The molecule has 0 radical (unpaired) electrons. The quantitative estimate of drug-likeness (QED) is 0.927. The number of benzene rings is 1. The maximum Gasteiger partial charge on any atom is 0.109 e. The van der Waals surface area contributed by atoms with Crippen molar-refractivity contribution in [3.8, 4) is 0 Å². The number of fused-ring (bicyclic) bond motifs is 3. The standard InChI is InChI=1S/C18H22N2S/c1-12(18-19-8-9-21-18)20-17-15-6-7-16(17)11-14-5-3-2-4-13(14)10-15/h2-5,8-9,12,15-17,20H,6-7,10-11H2,1H3. The fourth-order valence-electron chi connectivity index (χ4n) is 4.23. The Kier molecular flexibility index (Phi) is 3.56. The van der Waals surface area contributed by atoms with Gasteiger partial charge in [-0.05, 0) is 55.6 Å². The highest BCUT2D eigenvalue weighted by Gasteiger charge is 2.39. The number of nitrogens with zero attached hydrogens (tertiary/aromatic N) is 1. The van der Waals surface area contributed by atoms with Gasteiger partial charge in [0.25, 0.3) is 0 Å². The molecule has 1 N–H and O–H groups in total. The zero-order valence-corrected chi connectivity index (χ0v) is 13.3. The van der Waals surface area contributed by atoms with Gasteiger partial charge in [0.2, 0.25) is 0 Å². The molecule has 0 aliphatic heterocycles. The number of rotatable bonds is 3. The lowest BCUT2D eigenvalue weighted by molar-refractivity contribution is 0.315. The topological polar surface area (TPSA) is 24.9 Å². The van der Waals surface area contributed by atoms with Crippen LogP contribution in [0.3, 0.4) is 0 Å². The normalized spacial score (nSPS) is 28.9. The third-order valence-electron chi connectivity index (χ3n) is 5.27. The van der Waals surface area contributed by atoms with E-state index in [1.165, 1.54) is 30.7 Å². The van der Waals surface area contributed by atoms with E-state index < -0.39 is 0 Å². The molecular formula is C18H22N2S. The Bertz CT molecular complexity index is 574. The molecule has 2 aliphatic rings. The summed E-state index contributed by atoms with van der Waals surface area (Å²) in [4.78, 5) is 4.47. The average molecular weight is 298 g/mol. The Morgan fingerprint density at radius 2 is 1.81 bits per heavy atom. The van der Waals surface area contributed by atoms with Crippen molar-refractivity contribution >= 4 is 11.3 Å². The van der Waals surface area contributed by atoms with Crippen molar-refractivity contribution in [3.63, 3.8) is 0 Å². The molecule has 2 nitrogen and oxygen atoms in total. The van der Waals surface area contributed by atoms with Gasteiger partial charge in [-0.2, -0.15) is 0 Å². The molecule has 3 unspecified atom stereocenters. The van der Waals surface area contributed by atoms with Crippen LogP contribution < -0.4 is 5.32 Å². The van der Waals surface area contributed by atoms with Crippen LogP contribution in [-0.2, 0) is 12.8 Å². The zero-order valence-electron chi connectivity index (χ0n) is 12.5. The van der Waals surface area contributed by atoms with Crippen LogP contribution in [0.4, 0.5) is 0 Å². The highest BCUT2D eigenvalue weighted by Crippen LogP contribution is 2.41. The van der Waals surface area contributed by atoms with Gasteiger partial charge in [0.15, 0.2) is 0 Å². The second-order valence-electron chi connectivity index (χ2n) is 6.56. The van der Waals surface area contributed by atoms with E-state index in [1.54, 1.807) is 22.5 Å². The van der Waals surface area contributed by atoms with Gasteiger partial charge in [0.05, 0.1) is 6.04 Å². The molecular weight excluding hydrogens is 276 g/mol. The second-order valence-corrected chi connectivity index (χ2v) is 7.49. The minimum absolute atomic E-state index is 0.374. The Balaban J connectivity index is 1.55. The molecule has 110 valence electrons. The third-order valence-corrected chi connectivity index (χ3v) is 6.23. The van der Waals surface area contributed by atoms with Crippen LogP contribution in [-0.4, -0.2) is 11.0 Å². The van der Waals surface area contributed by atoms with E-state index in [0.29, 0.717) is 12.1 Å². The summed E-state index contributed by atoms with van der Waals surface area (Å²) in [7, 11) is 0. The molecule has 2 bridgehead atoms. The molecule has 2 aliphatic carbocycles. The Morgan fingerprint density at radius 3 is 2.38 bits per heavy atom. The maximum absolute atomic E-state index is 4.47. The summed E-state index contributed by atoms with van der Waals surface area (Å²) < 4.78 is 0. The van der Waals surface area contributed by atoms with E-state index in [-0.39, 0.29) is 0 Å². The summed E-state index contributed by atoms with van der Waals surface area (Å²) >= 11 is 1.76. The van der Waals surface area contributed by atoms with Crippen LogP contribution in [0.2, 0.25) is 0 Å². The number of hydrogen-bond donors (Lipinski definition) is 1. The van der Waals surface area contributed by atoms with Gasteiger partial charge in [-0.3, -0.25) is 0 Å². The van der Waals surface area contributed by atoms with Crippen molar-refractivity contribution in [1.29, 1.82) is 0 Å². The van der Waals surface area contributed by atoms with Crippen molar-refractivity contribution in [1.82, 2.24) is 10.3 Å². The van der Waals surface area contributed by atoms with Crippen molar-refractivity contribution in [2.75, 3.05) is 0 Å². The predicted molar refractivity (Wildman–Crippen MR) is 87.5 cm³/mol. The van der Waals surface area contributed by atoms with Crippen molar-refractivity contribution in [2.24, 2.45) is 11.8 Å². The van der Waals surface area contributed by atoms with Crippen LogP contribution in [0.25, 0.3) is 0 Å². The van der Waals surface area contributed by atoms with Crippen LogP contribution in [0.1, 0.15) is 41.9 Å². The Hall–Kier alpha value is -1.19. The minimum atomic E-state index is 0.374. The van der Waals surface area contributed by atoms with Gasteiger partial charge in [-0.15, -0.1) is 11.3 Å². The number of aromatic nitrogens is 1. The molecule has 3 heteroatoms. The molecule has 1 heterocycles. The van der Waals surface area contributed by atoms with Gasteiger partial charge in [-0.25, -0.2) is 4.98 Å². The minimum Gasteiger partial charge on any atom is -0.305 e. The van der Waals surface area contributed by atoms with E-state index >= 15 is 0 Å². The third kappa shape index (κ3) is 2.53. The molecule has 1 saturated carbocycles. The average Bonchev–Trinajstić information content (AvgIpc) is 3.08. The molecule has 4 rings (SSSR count). The molecule has 1 aromatic heterocycles. The largest absolute Gasteiger partial charge is 0.305 e. The lowest BCUT2D eigenvalue weighted by Crippen LogP contribution is -2.39. The van der Waals surface area contributed by atoms with Crippen molar-refractivity contribution in [2.45, 2.75) is 44.7 Å². The first-order valence-electron chi connectivity index (χ1n) is 8.03. The van der Waals surface area contributed by atoms with Crippen LogP contribution in [0.15, 0.2) is 35.8 Å². The van der Waals surface area contributed by atoms with Crippen LogP contribution in [0.5, 0.6) is 0 Å². The molecule has 0 spiro atoms. The van der Waals surface area contributed by atoms with Crippen LogP contribution >= 0.6 is 11.3 Å². The molecule has 0 amide bonds. The molecule has 3 atom stereocenters. The van der Waals surface area contributed by atoms with Gasteiger partial charge in [-0.1, -0.05) is 24.3 Å². The highest BCUT2D eigenvalue weighted by atomic mass is 32.1. The van der Waals surface area contributed by atoms with Crippen LogP contribution in [0, 0.1) is 11.8 Å². The Morgan fingerprint density at radius 1 is 1.14 bits per heavy atom.